The van der Waals surface area contributed by atoms with Crippen LogP contribution in [0.15, 0.2) is 12.7 Å². The number of hydrogen-bond acceptors (Lipinski definition) is 4. The van der Waals surface area contributed by atoms with Crippen molar-refractivity contribution in [1.29, 1.82) is 0 Å². The molecular weight excluding hydrogens is 172 g/mol. The lowest BCUT2D eigenvalue weighted by Gasteiger charge is -2.12. The zero-order valence-corrected chi connectivity index (χ0v) is 7.49. The summed E-state index contributed by atoms with van der Waals surface area (Å²) < 4.78 is 0. The maximum Gasteiger partial charge on any atom is 0.234 e. The first-order valence-electron chi connectivity index (χ1n) is 4.07. The Bertz CT molecular complexity index is 157. The standard InChI is InChI=1S/C8H16N2O3/c1-2-3-9-4-8(13)10-7(5-11)6-12/h2,7,9,11-12H,1,3-6H2,(H,10,13). The Kier molecular flexibility index (Phi) is 7.18. The van der Waals surface area contributed by atoms with Crippen molar-refractivity contribution in [3.8, 4) is 0 Å². The summed E-state index contributed by atoms with van der Waals surface area (Å²) in [4.78, 5) is 11.0. The van der Waals surface area contributed by atoms with E-state index in [2.05, 4.69) is 17.2 Å². The van der Waals surface area contributed by atoms with Crippen LogP contribution in [0.1, 0.15) is 0 Å². The lowest BCUT2D eigenvalue weighted by atomic mass is 10.3. The summed E-state index contributed by atoms with van der Waals surface area (Å²) in [6.45, 7) is 3.66. The molecule has 0 rings (SSSR count). The van der Waals surface area contributed by atoms with E-state index in [1.807, 2.05) is 0 Å². The molecule has 76 valence electrons. The highest BCUT2D eigenvalue weighted by Crippen LogP contribution is 1.78. The normalized spacial score (nSPS) is 10.1. The summed E-state index contributed by atoms with van der Waals surface area (Å²) >= 11 is 0. The Hall–Kier alpha value is -0.910. The second kappa shape index (κ2) is 7.72. The van der Waals surface area contributed by atoms with Crippen LogP contribution in [0.25, 0.3) is 0 Å². The van der Waals surface area contributed by atoms with Crippen LogP contribution in [0.3, 0.4) is 0 Å². The van der Waals surface area contributed by atoms with Crippen LogP contribution in [0.5, 0.6) is 0 Å². The third-order valence-electron chi connectivity index (χ3n) is 1.38. The number of carbonyl (C=O) groups excluding carboxylic acids is 1. The van der Waals surface area contributed by atoms with Gasteiger partial charge in [0.05, 0.1) is 25.8 Å². The summed E-state index contributed by atoms with van der Waals surface area (Å²) in [7, 11) is 0. The van der Waals surface area contributed by atoms with E-state index in [0.717, 1.165) is 0 Å². The Balaban J connectivity index is 3.53. The van der Waals surface area contributed by atoms with Gasteiger partial charge < -0.3 is 20.8 Å². The highest BCUT2D eigenvalue weighted by atomic mass is 16.3. The Morgan fingerprint density at radius 1 is 1.46 bits per heavy atom. The van der Waals surface area contributed by atoms with Crippen molar-refractivity contribution in [3.05, 3.63) is 12.7 Å². The number of aliphatic hydroxyl groups is 2. The third-order valence-corrected chi connectivity index (χ3v) is 1.38. The van der Waals surface area contributed by atoms with E-state index in [4.69, 9.17) is 10.2 Å². The Morgan fingerprint density at radius 2 is 2.08 bits per heavy atom. The lowest BCUT2D eigenvalue weighted by molar-refractivity contribution is -0.121. The number of carbonyl (C=O) groups is 1. The van der Waals surface area contributed by atoms with Crippen molar-refractivity contribution >= 4 is 5.91 Å². The molecule has 0 aromatic carbocycles. The van der Waals surface area contributed by atoms with Gasteiger partial charge in [0.15, 0.2) is 0 Å². The number of hydrogen-bond donors (Lipinski definition) is 4. The molecule has 0 aromatic rings. The van der Waals surface area contributed by atoms with Crippen molar-refractivity contribution in [2.75, 3.05) is 26.3 Å². The highest BCUT2D eigenvalue weighted by molar-refractivity contribution is 5.78. The molecule has 5 nitrogen and oxygen atoms in total. The van der Waals surface area contributed by atoms with E-state index in [-0.39, 0.29) is 25.7 Å². The largest absolute Gasteiger partial charge is 0.394 e. The highest BCUT2D eigenvalue weighted by Gasteiger charge is 2.08. The van der Waals surface area contributed by atoms with E-state index in [9.17, 15) is 4.79 Å². The number of rotatable bonds is 7. The van der Waals surface area contributed by atoms with Gasteiger partial charge in [-0.1, -0.05) is 6.08 Å². The van der Waals surface area contributed by atoms with E-state index < -0.39 is 6.04 Å². The quantitative estimate of drug-likeness (QED) is 0.281. The number of amides is 1. The summed E-state index contributed by atoms with van der Waals surface area (Å²) in [5, 5.41) is 22.5. The average molecular weight is 188 g/mol. The first kappa shape index (κ1) is 12.1. The zero-order valence-electron chi connectivity index (χ0n) is 7.49. The zero-order chi connectivity index (χ0) is 10.1. The molecule has 5 heteroatoms. The Morgan fingerprint density at radius 3 is 2.54 bits per heavy atom. The van der Waals surface area contributed by atoms with Crippen LogP contribution in [0.2, 0.25) is 0 Å². The van der Waals surface area contributed by atoms with Gasteiger partial charge >= 0.3 is 0 Å². The van der Waals surface area contributed by atoms with Crippen LogP contribution in [-0.4, -0.2) is 48.5 Å². The van der Waals surface area contributed by atoms with Crippen LogP contribution in [-0.2, 0) is 4.79 Å². The van der Waals surface area contributed by atoms with Crippen molar-refractivity contribution in [3.63, 3.8) is 0 Å². The molecule has 13 heavy (non-hydrogen) atoms. The third kappa shape index (κ3) is 6.27. The van der Waals surface area contributed by atoms with Gasteiger partial charge in [-0.2, -0.15) is 0 Å². The molecule has 0 unspecified atom stereocenters. The van der Waals surface area contributed by atoms with Crippen molar-refractivity contribution in [1.82, 2.24) is 10.6 Å². The molecule has 0 saturated carbocycles. The van der Waals surface area contributed by atoms with Crippen LogP contribution < -0.4 is 10.6 Å². The minimum atomic E-state index is -0.571. The molecule has 0 atom stereocenters. The molecule has 0 radical (unpaired) electrons. The fourth-order valence-corrected chi connectivity index (χ4v) is 0.715. The topological polar surface area (TPSA) is 81.6 Å². The predicted molar refractivity (Wildman–Crippen MR) is 49.2 cm³/mol. The molecule has 0 aliphatic rings. The fraction of sp³-hybridized carbons (Fsp3) is 0.625. The fourth-order valence-electron chi connectivity index (χ4n) is 0.715. The first-order chi connectivity index (χ1) is 6.24. The summed E-state index contributed by atoms with van der Waals surface area (Å²) in [6, 6.07) is -0.571. The van der Waals surface area contributed by atoms with Gasteiger partial charge in [0, 0.05) is 6.54 Å². The molecular formula is C8H16N2O3. The van der Waals surface area contributed by atoms with Gasteiger partial charge in [0.2, 0.25) is 5.91 Å². The average Bonchev–Trinajstić information content (AvgIpc) is 2.14. The van der Waals surface area contributed by atoms with Gasteiger partial charge in [-0.25, -0.2) is 0 Å². The predicted octanol–water partition coefficient (Wildman–Crippen LogP) is -1.77. The second-order valence-electron chi connectivity index (χ2n) is 2.55. The summed E-state index contributed by atoms with van der Waals surface area (Å²) in [5.41, 5.74) is 0. The monoisotopic (exact) mass is 188 g/mol. The minimum absolute atomic E-state index is 0.155. The molecule has 4 N–H and O–H groups in total. The van der Waals surface area contributed by atoms with Gasteiger partial charge in [-0.05, 0) is 0 Å². The van der Waals surface area contributed by atoms with Crippen LogP contribution in [0.4, 0.5) is 0 Å². The van der Waals surface area contributed by atoms with Crippen molar-refractivity contribution < 1.29 is 15.0 Å². The van der Waals surface area contributed by atoms with E-state index in [1.54, 1.807) is 6.08 Å². The summed E-state index contributed by atoms with van der Waals surface area (Å²) in [6.07, 6.45) is 1.64. The second-order valence-corrected chi connectivity index (χ2v) is 2.55. The Labute approximate surface area is 77.5 Å². The van der Waals surface area contributed by atoms with Crippen molar-refractivity contribution in [2.24, 2.45) is 0 Å². The number of aliphatic hydroxyl groups excluding tert-OH is 2. The SMILES string of the molecule is C=CCNCC(=O)NC(CO)CO. The van der Waals surface area contributed by atoms with E-state index in [1.165, 1.54) is 0 Å². The smallest absolute Gasteiger partial charge is 0.234 e. The molecule has 0 saturated heterocycles. The molecule has 0 heterocycles. The summed E-state index contributed by atoms with van der Waals surface area (Å²) in [5.74, 6) is -0.255. The van der Waals surface area contributed by atoms with Gasteiger partial charge in [-0.3, -0.25) is 4.79 Å². The van der Waals surface area contributed by atoms with E-state index in [0.29, 0.717) is 6.54 Å². The number of nitrogens with one attached hydrogen (secondary N) is 2. The first-order valence-corrected chi connectivity index (χ1v) is 4.07. The van der Waals surface area contributed by atoms with Gasteiger partial charge in [0.25, 0.3) is 0 Å². The minimum Gasteiger partial charge on any atom is -0.394 e. The molecule has 0 bridgehead atoms. The molecule has 0 aromatic heterocycles. The van der Waals surface area contributed by atoms with Crippen molar-refractivity contribution in [2.45, 2.75) is 6.04 Å². The molecule has 0 fully saturated rings. The van der Waals surface area contributed by atoms with Gasteiger partial charge in [0.1, 0.15) is 0 Å². The maximum absolute atomic E-state index is 11.0. The molecule has 0 spiro atoms. The van der Waals surface area contributed by atoms with Crippen LogP contribution in [0, 0.1) is 0 Å². The van der Waals surface area contributed by atoms with Crippen LogP contribution >= 0.6 is 0 Å². The maximum atomic E-state index is 11.0. The molecule has 0 aliphatic carbocycles. The van der Waals surface area contributed by atoms with E-state index >= 15 is 0 Å². The lowest BCUT2D eigenvalue weighted by Crippen LogP contribution is -2.44. The molecule has 1 amide bonds. The van der Waals surface area contributed by atoms with Gasteiger partial charge in [-0.15, -0.1) is 6.58 Å². The molecule has 0 aliphatic heterocycles.